The van der Waals surface area contributed by atoms with Gasteiger partial charge in [-0.15, -0.1) is 0 Å². The molecule has 2 N–H and O–H groups in total. The molecule has 3 aromatic rings. The molecule has 0 saturated carbocycles. The van der Waals surface area contributed by atoms with Crippen molar-refractivity contribution in [3.63, 3.8) is 0 Å². The van der Waals surface area contributed by atoms with E-state index in [2.05, 4.69) is 25.8 Å². The smallest absolute Gasteiger partial charge is 0.246 e. The molecule has 0 bridgehead atoms. The topological polar surface area (TPSA) is 75.3 Å². The van der Waals surface area contributed by atoms with Crippen molar-refractivity contribution in [1.82, 2.24) is 20.8 Å². The van der Waals surface area contributed by atoms with Crippen LogP contribution >= 0.6 is 23.2 Å². The maximum atomic E-state index is 6.15. The Morgan fingerprint density at radius 3 is 2.50 bits per heavy atom. The molecule has 1 aromatic heterocycles. The maximum absolute atomic E-state index is 6.15. The summed E-state index contributed by atoms with van der Waals surface area (Å²) >= 11 is 12.0. The van der Waals surface area contributed by atoms with E-state index in [1.165, 1.54) is 0 Å². The Balaban J connectivity index is 1.56. The third kappa shape index (κ3) is 4.74. The molecule has 0 aliphatic rings. The highest BCUT2D eigenvalue weighted by molar-refractivity contribution is 6.31. The molecular weight excluding hydrogens is 373 g/mol. The summed E-state index contributed by atoms with van der Waals surface area (Å²) in [5.41, 5.74) is 1.82. The first-order valence-electron chi connectivity index (χ1n) is 7.92. The monoisotopic (exact) mass is 389 g/mol. The molecule has 0 amide bonds. The second-order valence-electron chi connectivity index (χ2n) is 5.39. The fourth-order valence-corrected chi connectivity index (χ4v) is 2.57. The lowest BCUT2D eigenvalue weighted by atomic mass is 10.2. The lowest BCUT2D eigenvalue weighted by Gasteiger charge is -2.11. The second-order valence-corrected chi connectivity index (χ2v) is 6.23. The van der Waals surface area contributed by atoms with Gasteiger partial charge in [-0.2, -0.15) is 4.98 Å². The normalized spacial score (nSPS) is 11.4. The SMILES string of the molecule is CN=C(NCc1nc(-c2ccc(Cl)cc2)no1)NCc1ccccc1Cl. The van der Waals surface area contributed by atoms with Crippen LogP contribution in [0.5, 0.6) is 0 Å². The summed E-state index contributed by atoms with van der Waals surface area (Å²) < 4.78 is 5.27. The van der Waals surface area contributed by atoms with Crippen LogP contribution in [0.25, 0.3) is 11.4 Å². The van der Waals surface area contributed by atoms with Crippen molar-refractivity contribution in [1.29, 1.82) is 0 Å². The van der Waals surface area contributed by atoms with Crippen LogP contribution in [-0.2, 0) is 13.1 Å². The van der Waals surface area contributed by atoms with Gasteiger partial charge in [-0.25, -0.2) is 0 Å². The van der Waals surface area contributed by atoms with Crippen LogP contribution in [0, 0.1) is 0 Å². The van der Waals surface area contributed by atoms with Crippen molar-refractivity contribution in [2.24, 2.45) is 4.99 Å². The van der Waals surface area contributed by atoms with Crippen LogP contribution in [0.4, 0.5) is 0 Å². The molecule has 2 aromatic carbocycles. The molecule has 0 unspecified atom stereocenters. The Hall–Kier alpha value is -2.57. The molecule has 0 radical (unpaired) electrons. The van der Waals surface area contributed by atoms with Gasteiger partial charge in [0.25, 0.3) is 0 Å². The van der Waals surface area contributed by atoms with Crippen molar-refractivity contribution in [3.8, 4) is 11.4 Å². The van der Waals surface area contributed by atoms with Gasteiger partial charge in [0.1, 0.15) is 0 Å². The minimum absolute atomic E-state index is 0.350. The van der Waals surface area contributed by atoms with Gasteiger partial charge in [0.15, 0.2) is 5.96 Å². The number of hydrogen-bond acceptors (Lipinski definition) is 4. The van der Waals surface area contributed by atoms with Crippen molar-refractivity contribution >= 4 is 29.2 Å². The van der Waals surface area contributed by atoms with E-state index in [4.69, 9.17) is 27.7 Å². The van der Waals surface area contributed by atoms with Gasteiger partial charge < -0.3 is 15.2 Å². The maximum Gasteiger partial charge on any atom is 0.246 e. The number of aliphatic imine (C=N–C) groups is 1. The van der Waals surface area contributed by atoms with Crippen LogP contribution in [-0.4, -0.2) is 23.1 Å². The highest BCUT2D eigenvalue weighted by Crippen LogP contribution is 2.18. The first-order valence-corrected chi connectivity index (χ1v) is 8.68. The summed E-state index contributed by atoms with van der Waals surface area (Å²) in [6.45, 7) is 0.905. The van der Waals surface area contributed by atoms with Gasteiger partial charge in [0.05, 0.1) is 6.54 Å². The summed E-state index contributed by atoms with van der Waals surface area (Å²) in [4.78, 5) is 8.53. The summed E-state index contributed by atoms with van der Waals surface area (Å²) in [6, 6.07) is 14.9. The molecule has 0 fully saturated rings. The molecule has 0 atom stereocenters. The minimum Gasteiger partial charge on any atom is -0.352 e. The first kappa shape index (κ1) is 18.2. The molecule has 0 aliphatic heterocycles. The quantitative estimate of drug-likeness (QED) is 0.510. The average molecular weight is 390 g/mol. The average Bonchev–Trinajstić information content (AvgIpc) is 3.13. The Bertz CT molecular complexity index is 893. The molecule has 1 heterocycles. The summed E-state index contributed by atoms with van der Waals surface area (Å²) in [7, 11) is 1.69. The van der Waals surface area contributed by atoms with Crippen molar-refractivity contribution in [2.75, 3.05) is 7.05 Å². The zero-order chi connectivity index (χ0) is 18.4. The largest absolute Gasteiger partial charge is 0.352 e. The molecule has 6 nitrogen and oxygen atoms in total. The summed E-state index contributed by atoms with van der Waals surface area (Å²) in [5, 5.41) is 11.7. The third-order valence-electron chi connectivity index (χ3n) is 3.61. The van der Waals surface area contributed by atoms with Gasteiger partial charge in [0, 0.05) is 29.2 Å². The van der Waals surface area contributed by atoms with Gasteiger partial charge in [-0.05, 0) is 35.9 Å². The fourth-order valence-electron chi connectivity index (χ4n) is 2.24. The predicted octanol–water partition coefficient (Wildman–Crippen LogP) is 3.91. The molecular formula is C18H17Cl2N5O. The van der Waals surface area contributed by atoms with E-state index in [0.717, 1.165) is 11.1 Å². The molecule has 3 rings (SSSR count). The van der Waals surface area contributed by atoms with Crippen LogP contribution < -0.4 is 10.6 Å². The summed E-state index contributed by atoms with van der Waals surface area (Å²) in [6.07, 6.45) is 0. The number of guanidine groups is 1. The van der Waals surface area contributed by atoms with Gasteiger partial charge in [-0.3, -0.25) is 4.99 Å². The van der Waals surface area contributed by atoms with Crippen molar-refractivity contribution < 1.29 is 4.52 Å². The molecule has 26 heavy (non-hydrogen) atoms. The Labute approximate surface area is 161 Å². The number of nitrogens with one attached hydrogen (secondary N) is 2. The number of rotatable bonds is 5. The van der Waals surface area contributed by atoms with E-state index in [1.807, 2.05) is 36.4 Å². The Morgan fingerprint density at radius 1 is 1.04 bits per heavy atom. The lowest BCUT2D eigenvalue weighted by Crippen LogP contribution is -2.36. The standard InChI is InChI=1S/C18H17Cl2N5O/c1-21-18(22-10-13-4-2-3-5-15(13)20)23-11-16-24-17(25-26-16)12-6-8-14(19)9-7-12/h2-9H,10-11H2,1H3,(H2,21,22,23). The number of nitrogens with zero attached hydrogens (tertiary/aromatic N) is 3. The highest BCUT2D eigenvalue weighted by Gasteiger charge is 2.09. The minimum atomic E-state index is 0.350. The number of aromatic nitrogens is 2. The van der Waals surface area contributed by atoms with E-state index in [1.54, 1.807) is 19.2 Å². The summed E-state index contributed by atoms with van der Waals surface area (Å²) in [5.74, 6) is 1.57. The third-order valence-corrected chi connectivity index (χ3v) is 4.23. The Morgan fingerprint density at radius 2 is 1.77 bits per heavy atom. The zero-order valence-corrected chi connectivity index (χ0v) is 15.6. The highest BCUT2D eigenvalue weighted by atomic mass is 35.5. The fraction of sp³-hybridized carbons (Fsp3) is 0.167. The van der Waals surface area contributed by atoms with Crippen LogP contribution in [0.2, 0.25) is 10.0 Å². The van der Waals surface area contributed by atoms with E-state index in [0.29, 0.717) is 40.8 Å². The van der Waals surface area contributed by atoms with Crippen LogP contribution in [0.15, 0.2) is 58.0 Å². The van der Waals surface area contributed by atoms with Crippen LogP contribution in [0.3, 0.4) is 0 Å². The zero-order valence-electron chi connectivity index (χ0n) is 14.0. The molecule has 0 aliphatic carbocycles. The Kier molecular flexibility index (Phi) is 6.09. The number of hydrogen-bond donors (Lipinski definition) is 2. The van der Waals surface area contributed by atoms with E-state index < -0.39 is 0 Å². The van der Waals surface area contributed by atoms with Crippen molar-refractivity contribution in [2.45, 2.75) is 13.1 Å². The predicted molar refractivity (Wildman–Crippen MR) is 103 cm³/mol. The van der Waals surface area contributed by atoms with E-state index in [9.17, 15) is 0 Å². The van der Waals surface area contributed by atoms with E-state index in [-0.39, 0.29) is 0 Å². The molecule has 0 saturated heterocycles. The van der Waals surface area contributed by atoms with Gasteiger partial charge in [-0.1, -0.05) is 46.6 Å². The molecule has 134 valence electrons. The van der Waals surface area contributed by atoms with Crippen LogP contribution in [0.1, 0.15) is 11.5 Å². The molecule has 8 heteroatoms. The van der Waals surface area contributed by atoms with Gasteiger partial charge in [0.2, 0.25) is 11.7 Å². The lowest BCUT2D eigenvalue weighted by molar-refractivity contribution is 0.375. The number of halogens is 2. The van der Waals surface area contributed by atoms with Gasteiger partial charge >= 0.3 is 0 Å². The second kappa shape index (κ2) is 8.69. The van der Waals surface area contributed by atoms with Crippen molar-refractivity contribution in [3.05, 3.63) is 70.0 Å². The first-order chi connectivity index (χ1) is 12.7. The number of benzene rings is 2. The van der Waals surface area contributed by atoms with E-state index >= 15 is 0 Å². The molecule has 0 spiro atoms.